The monoisotopic (exact) mass is 193 g/mol. The lowest BCUT2D eigenvalue weighted by atomic mass is 9.93. The summed E-state index contributed by atoms with van der Waals surface area (Å²) in [7, 11) is 3.94. The van der Waals surface area contributed by atoms with Gasteiger partial charge in [0.1, 0.15) is 0 Å². The number of nitrogens with zero attached hydrogens (tertiary/aromatic N) is 1. The molecule has 1 unspecified atom stereocenters. The van der Waals surface area contributed by atoms with Crippen molar-refractivity contribution in [3.8, 4) is 0 Å². The minimum atomic E-state index is -2.15. The van der Waals surface area contributed by atoms with Crippen molar-refractivity contribution in [1.82, 2.24) is 9.62 Å². The van der Waals surface area contributed by atoms with Crippen LogP contribution in [0, 0.1) is 5.41 Å². The van der Waals surface area contributed by atoms with Gasteiger partial charge in [0.15, 0.2) is 0 Å². The Morgan fingerprint density at radius 1 is 1.50 bits per heavy atom. The quantitative estimate of drug-likeness (QED) is 0.623. The van der Waals surface area contributed by atoms with Crippen LogP contribution in [0.15, 0.2) is 0 Å². The fourth-order valence-electron chi connectivity index (χ4n) is 1.17. The van der Waals surface area contributed by atoms with Crippen LogP contribution in [0.3, 0.4) is 0 Å². The largest absolute Gasteiger partial charge is 0.760 e. The summed E-state index contributed by atoms with van der Waals surface area (Å²) in [5.41, 5.74) is -0.0242. The maximum Gasteiger partial charge on any atom is 0.0181 e. The third-order valence-electron chi connectivity index (χ3n) is 1.41. The molecule has 0 aliphatic heterocycles. The number of rotatable bonds is 5. The summed E-state index contributed by atoms with van der Waals surface area (Å²) in [6, 6.07) is 0. The Balaban J connectivity index is 3.78. The molecule has 0 aromatic carbocycles. The molecular weight excluding hydrogens is 176 g/mol. The van der Waals surface area contributed by atoms with E-state index in [2.05, 4.69) is 4.72 Å². The van der Waals surface area contributed by atoms with Crippen molar-refractivity contribution in [1.29, 1.82) is 0 Å². The molecule has 0 heterocycles. The lowest BCUT2D eigenvalue weighted by Gasteiger charge is -2.28. The van der Waals surface area contributed by atoms with Crippen LogP contribution < -0.4 is 4.72 Å². The first-order chi connectivity index (χ1) is 5.33. The minimum absolute atomic E-state index is 0.0242. The summed E-state index contributed by atoms with van der Waals surface area (Å²) in [5.74, 6) is 0. The topological polar surface area (TPSA) is 55.4 Å². The third kappa shape index (κ3) is 6.72. The van der Waals surface area contributed by atoms with Gasteiger partial charge in [0.05, 0.1) is 0 Å². The highest BCUT2D eigenvalue weighted by Crippen LogP contribution is 2.13. The Morgan fingerprint density at radius 3 is 2.33 bits per heavy atom. The van der Waals surface area contributed by atoms with E-state index >= 15 is 0 Å². The Kier molecular flexibility index (Phi) is 4.92. The molecule has 1 N–H and O–H groups in total. The van der Waals surface area contributed by atoms with Gasteiger partial charge in [-0.05, 0) is 19.5 Å². The van der Waals surface area contributed by atoms with Gasteiger partial charge in [-0.15, -0.1) is 0 Å². The molecule has 74 valence electrons. The maximum atomic E-state index is 10.2. The van der Waals surface area contributed by atoms with Crippen molar-refractivity contribution in [3.63, 3.8) is 0 Å². The first-order valence-electron chi connectivity index (χ1n) is 3.81. The average molecular weight is 193 g/mol. The standard InChI is InChI=1S/C7H18N2O2S/c1-7(2,6-9(3)4)5-8-12(10)11/h8H,5-6H2,1-4H3,(H,10,11)/p-1. The summed E-state index contributed by atoms with van der Waals surface area (Å²) in [6.45, 7) is 5.37. The lowest BCUT2D eigenvalue weighted by molar-refractivity contribution is 0.242. The first kappa shape index (κ1) is 12.0. The van der Waals surface area contributed by atoms with E-state index in [4.69, 9.17) is 0 Å². The Labute approximate surface area is 76.8 Å². The minimum Gasteiger partial charge on any atom is -0.760 e. The molecule has 4 nitrogen and oxygen atoms in total. The van der Waals surface area contributed by atoms with Gasteiger partial charge in [-0.2, -0.15) is 0 Å². The summed E-state index contributed by atoms with van der Waals surface area (Å²) in [5, 5.41) is 0. The smallest absolute Gasteiger partial charge is 0.0181 e. The van der Waals surface area contributed by atoms with Crippen LogP contribution in [0.5, 0.6) is 0 Å². The molecule has 0 amide bonds. The van der Waals surface area contributed by atoms with Gasteiger partial charge in [0.25, 0.3) is 0 Å². The van der Waals surface area contributed by atoms with Gasteiger partial charge in [-0.1, -0.05) is 13.8 Å². The second-order valence-corrected chi connectivity index (χ2v) is 4.72. The molecular formula is C7H17N2O2S-. The van der Waals surface area contributed by atoms with Crippen LogP contribution in [0.25, 0.3) is 0 Å². The average Bonchev–Trinajstić information content (AvgIpc) is 1.81. The van der Waals surface area contributed by atoms with Crippen molar-refractivity contribution in [2.45, 2.75) is 13.8 Å². The fraction of sp³-hybridized carbons (Fsp3) is 1.00. The van der Waals surface area contributed by atoms with Crippen molar-refractivity contribution >= 4 is 11.3 Å². The zero-order valence-corrected chi connectivity index (χ0v) is 8.90. The zero-order valence-electron chi connectivity index (χ0n) is 8.09. The molecule has 0 aromatic heterocycles. The molecule has 0 fully saturated rings. The van der Waals surface area contributed by atoms with E-state index in [9.17, 15) is 8.76 Å². The summed E-state index contributed by atoms with van der Waals surface area (Å²) >= 11 is -2.15. The Hall–Kier alpha value is 0.0300. The fourth-order valence-corrected chi connectivity index (χ4v) is 1.67. The molecule has 12 heavy (non-hydrogen) atoms. The van der Waals surface area contributed by atoms with Gasteiger partial charge in [0, 0.05) is 24.4 Å². The van der Waals surface area contributed by atoms with Crippen LogP contribution in [-0.2, 0) is 11.3 Å². The van der Waals surface area contributed by atoms with Crippen LogP contribution in [-0.4, -0.2) is 40.8 Å². The summed E-state index contributed by atoms with van der Waals surface area (Å²) < 4.78 is 22.8. The van der Waals surface area contributed by atoms with E-state index in [-0.39, 0.29) is 5.41 Å². The molecule has 0 aliphatic rings. The molecule has 0 bridgehead atoms. The van der Waals surface area contributed by atoms with E-state index in [1.807, 2.05) is 32.8 Å². The highest BCUT2D eigenvalue weighted by molar-refractivity contribution is 7.77. The first-order valence-corrected chi connectivity index (χ1v) is 4.88. The molecule has 0 aliphatic carbocycles. The van der Waals surface area contributed by atoms with E-state index in [0.717, 1.165) is 6.54 Å². The van der Waals surface area contributed by atoms with E-state index in [1.165, 1.54) is 0 Å². The van der Waals surface area contributed by atoms with Gasteiger partial charge < -0.3 is 9.45 Å². The van der Waals surface area contributed by atoms with E-state index in [0.29, 0.717) is 6.54 Å². The van der Waals surface area contributed by atoms with Crippen LogP contribution in [0.4, 0.5) is 0 Å². The lowest BCUT2D eigenvalue weighted by Crippen LogP contribution is -2.38. The van der Waals surface area contributed by atoms with Crippen LogP contribution >= 0.6 is 0 Å². The molecule has 0 spiro atoms. The molecule has 0 radical (unpaired) electrons. The van der Waals surface area contributed by atoms with Crippen molar-refractivity contribution < 1.29 is 8.76 Å². The van der Waals surface area contributed by atoms with Crippen LogP contribution in [0.2, 0.25) is 0 Å². The van der Waals surface area contributed by atoms with Crippen molar-refractivity contribution in [2.24, 2.45) is 5.41 Å². The molecule has 0 aromatic rings. The predicted octanol–water partition coefficient (Wildman–Crippen LogP) is -0.0421. The van der Waals surface area contributed by atoms with Crippen LogP contribution in [0.1, 0.15) is 13.8 Å². The Morgan fingerprint density at radius 2 is 2.00 bits per heavy atom. The number of hydrogen-bond acceptors (Lipinski definition) is 3. The highest BCUT2D eigenvalue weighted by atomic mass is 32.2. The predicted molar refractivity (Wildman–Crippen MR) is 49.3 cm³/mol. The van der Waals surface area contributed by atoms with E-state index in [1.54, 1.807) is 0 Å². The number of hydrogen-bond donors (Lipinski definition) is 1. The molecule has 1 atom stereocenters. The molecule has 0 saturated heterocycles. The van der Waals surface area contributed by atoms with Crippen molar-refractivity contribution in [3.05, 3.63) is 0 Å². The second-order valence-electron chi connectivity index (χ2n) is 3.96. The number of nitrogens with one attached hydrogen (secondary N) is 1. The van der Waals surface area contributed by atoms with Crippen molar-refractivity contribution in [2.75, 3.05) is 27.2 Å². The summed E-state index contributed by atoms with van der Waals surface area (Å²) in [4.78, 5) is 2.04. The molecule has 0 saturated carbocycles. The maximum absolute atomic E-state index is 10.2. The third-order valence-corrected chi connectivity index (χ3v) is 1.79. The van der Waals surface area contributed by atoms with Gasteiger partial charge in [-0.3, -0.25) is 4.21 Å². The van der Waals surface area contributed by atoms with E-state index < -0.39 is 11.3 Å². The van der Waals surface area contributed by atoms with Gasteiger partial charge in [-0.25, -0.2) is 4.72 Å². The second kappa shape index (κ2) is 4.91. The zero-order chi connectivity index (χ0) is 9.78. The van der Waals surface area contributed by atoms with Gasteiger partial charge >= 0.3 is 0 Å². The molecule has 5 heteroatoms. The SMILES string of the molecule is CN(C)CC(C)(C)CNS(=O)[O-]. The normalized spacial score (nSPS) is 15.2. The highest BCUT2D eigenvalue weighted by Gasteiger charge is 2.17. The Bertz CT molecular complexity index is 159. The summed E-state index contributed by atoms with van der Waals surface area (Å²) in [6.07, 6.45) is 0. The van der Waals surface area contributed by atoms with Gasteiger partial charge in [0.2, 0.25) is 0 Å². The molecule has 0 rings (SSSR count).